The quantitative estimate of drug-likeness (QED) is 0.686. The highest BCUT2D eigenvalue weighted by Crippen LogP contribution is 2.34. The number of hydrogen-bond acceptors (Lipinski definition) is 5. The van der Waals surface area contributed by atoms with Gasteiger partial charge < -0.3 is 15.0 Å². The van der Waals surface area contributed by atoms with Gasteiger partial charge in [-0.2, -0.15) is 0 Å². The zero-order valence-corrected chi connectivity index (χ0v) is 14.9. The van der Waals surface area contributed by atoms with E-state index in [-0.39, 0.29) is 0 Å². The van der Waals surface area contributed by atoms with Crippen LogP contribution in [0.15, 0.2) is 60.7 Å². The zero-order valence-electron chi connectivity index (χ0n) is 14.9. The Bertz CT molecular complexity index is 882. The highest BCUT2D eigenvalue weighted by atomic mass is 16.5. The van der Waals surface area contributed by atoms with Gasteiger partial charge in [-0.3, -0.25) is 0 Å². The second-order valence-electron chi connectivity index (χ2n) is 6.25. The van der Waals surface area contributed by atoms with Crippen molar-refractivity contribution in [3.8, 4) is 11.4 Å². The lowest BCUT2D eigenvalue weighted by Gasteiger charge is -2.20. The largest absolute Gasteiger partial charge is 0.383 e. The highest BCUT2D eigenvalue weighted by molar-refractivity contribution is 5.71. The summed E-state index contributed by atoms with van der Waals surface area (Å²) < 4.78 is 5.14. The van der Waals surface area contributed by atoms with E-state index in [2.05, 4.69) is 34.5 Å². The Morgan fingerprint density at radius 3 is 2.69 bits per heavy atom. The van der Waals surface area contributed by atoms with E-state index in [1.807, 2.05) is 36.4 Å². The van der Waals surface area contributed by atoms with Gasteiger partial charge in [0.15, 0.2) is 5.82 Å². The first kappa shape index (κ1) is 16.5. The van der Waals surface area contributed by atoms with Crippen LogP contribution in [0.1, 0.15) is 5.56 Å². The molecule has 1 aliphatic rings. The lowest BCUT2D eigenvalue weighted by Crippen LogP contribution is -2.17. The molecule has 5 nitrogen and oxygen atoms in total. The monoisotopic (exact) mass is 346 g/mol. The van der Waals surface area contributed by atoms with Crippen molar-refractivity contribution in [3.63, 3.8) is 0 Å². The van der Waals surface area contributed by atoms with Crippen molar-refractivity contribution >= 4 is 17.3 Å². The van der Waals surface area contributed by atoms with Gasteiger partial charge >= 0.3 is 0 Å². The van der Waals surface area contributed by atoms with Gasteiger partial charge in [0.25, 0.3) is 0 Å². The Kier molecular flexibility index (Phi) is 4.80. The maximum atomic E-state index is 5.14. The molecule has 3 aromatic rings. The minimum Gasteiger partial charge on any atom is -0.383 e. The summed E-state index contributed by atoms with van der Waals surface area (Å²) in [5, 5.41) is 3.34. The first-order valence-corrected chi connectivity index (χ1v) is 8.88. The maximum Gasteiger partial charge on any atom is 0.163 e. The standard InChI is InChI=1S/C21H22N4O/c1-26-14-12-22-19-15-20(24-21(23-19)17-8-3-2-4-9-17)25-13-11-16-7-5-6-10-18(16)25/h2-10,15H,11-14H2,1H3,(H,22,23,24). The normalized spacial score (nSPS) is 12.9. The molecule has 0 amide bonds. The zero-order chi connectivity index (χ0) is 17.8. The Hall–Kier alpha value is -2.92. The van der Waals surface area contributed by atoms with Gasteiger partial charge in [0.1, 0.15) is 11.6 Å². The third kappa shape index (κ3) is 3.39. The van der Waals surface area contributed by atoms with Crippen LogP contribution in [-0.4, -0.2) is 36.8 Å². The van der Waals surface area contributed by atoms with Crippen molar-refractivity contribution in [2.24, 2.45) is 0 Å². The number of benzene rings is 2. The number of para-hydroxylation sites is 1. The van der Waals surface area contributed by atoms with E-state index < -0.39 is 0 Å². The SMILES string of the molecule is COCCNc1cc(N2CCc3ccccc32)nc(-c2ccccc2)n1. The molecular formula is C21H22N4O. The highest BCUT2D eigenvalue weighted by Gasteiger charge is 2.22. The molecule has 1 N–H and O–H groups in total. The molecule has 26 heavy (non-hydrogen) atoms. The molecule has 0 spiro atoms. The van der Waals surface area contributed by atoms with Crippen LogP contribution in [0.25, 0.3) is 11.4 Å². The summed E-state index contributed by atoms with van der Waals surface area (Å²) in [6.07, 6.45) is 1.04. The molecule has 0 saturated carbocycles. The summed E-state index contributed by atoms with van der Waals surface area (Å²) in [6.45, 7) is 2.27. The van der Waals surface area contributed by atoms with Crippen LogP contribution in [0.2, 0.25) is 0 Å². The van der Waals surface area contributed by atoms with E-state index in [0.29, 0.717) is 13.2 Å². The summed E-state index contributed by atoms with van der Waals surface area (Å²) in [5.74, 6) is 2.46. The van der Waals surface area contributed by atoms with Crippen molar-refractivity contribution in [2.75, 3.05) is 37.0 Å². The molecule has 0 unspecified atom stereocenters. The van der Waals surface area contributed by atoms with Gasteiger partial charge in [0.05, 0.1) is 6.61 Å². The van der Waals surface area contributed by atoms with E-state index in [1.165, 1.54) is 11.3 Å². The molecule has 2 heterocycles. The van der Waals surface area contributed by atoms with Crippen LogP contribution in [-0.2, 0) is 11.2 Å². The van der Waals surface area contributed by atoms with Crippen molar-refractivity contribution in [1.29, 1.82) is 0 Å². The van der Waals surface area contributed by atoms with Crippen LogP contribution < -0.4 is 10.2 Å². The van der Waals surface area contributed by atoms with Gasteiger partial charge in [-0.1, -0.05) is 48.5 Å². The van der Waals surface area contributed by atoms with E-state index in [1.54, 1.807) is 7.11 Å². The average molecular weight is 346 g/mol. The summed E-state index contributed by atoms with van der Waals surface area (Å²) >= 11 is 0. The summed E-state index contributed by atoms with van der Waals surface area (Å²) in [7, 11) is 1.70. The minimum absolute atomic E-state index is 0.632. The number of hydrogen-bond donors (Lipinski definition) is 1. The first-order chi connectivity index (χ1) is 12.8. The van der Waals surface area contributed by atoms with Crippen molar-refractivity contribution in [1.82, 2.24) is 9.97 Å². The molecule has 2 aromatic carbocycles. The minimum atomic E-state index is 0.632. The smallest absolute Gasteiger partial charge is 0.163 e. The number of rotatable bonds is 6. The third-order valence-electron chi connectivity index (χ3n) is 4.52. The lowest BCUT2D eigenvalue weighted by atomic mass is 10.2. The summed E-state index contributed by atoms with van der Waals surface area (Å²) in [5.41, 5.74) is 3.60. The molecule has 0 atom stereocenters. The fourth-order valence-electron chi connectivity index (χ4n) is 3.24. The molecule has 132 valence electrons. The molecule has 4 rings (SSSR count). The number of methoxy groups -OCH3 is 1. The van der Waals surface area contributed by atoms with Gasteiger partial charge in [-0.15, -0.1) is 0 Å². The summed E-state index contributed by atoms with van der Waals surface area (Å²) in [4.78, 5) is 11.8. The number of nitrogens with zero attached hydrogens (tertiary/aromatic N) is 3. The van der Waals surface area contributed by atoms with Crippen molar-refractivity contribution in [3.05, 3.63) is 66.2 Å². The molecule has 5 heteroatoms. The topological polar surface area (TPSA) is 50.3 Å². The third-order valence-corrected chi connectivity index (χ3v) is 4.52. The average Bonchev–Trinajstić information content (AvgIpc) is 3.13. The second-order valence-corrected chi connectivity index (χ2v) is 6.25. The van der Waals surface area contributed by atoms with Gasteiger partial charge in [-0.25, -0.2) is 9.97 Å². The number of ether oxygens (including phenoxy) is 1. The Morgan fingerprint density at radius 2 is 1.85 bits per heavy atom. The first-order valence-electron chi connectivity index (χ1n) is 8.88. The van der Waals surface area contributed by atoms with Crippen LogP contribution in [0.4, 0.5) is 17.3 Å². The Morgan fingerprint density at radius 1 is 1.04 bits per heavy atom. The van der Waals surface area contributed by atoms with Crippen LogP contribution in [0.5, 0.6) is 0 Å². The maximum absolute atomic E-state index is 5.14. The molecule has 0 saturated heterocycles. The molecule has 0 bridgehead atoms. The van der Waals surface area contributed by atoms with Crippen LogP contribution in [0.3, 0.4) is 0 Å². The fraction of sp³-hybridized carbons (Fsp3) is 0.238. The number of aromatic nitrogens is 2. The van der Waals surface area contributed by atoms with Crippen LogP contribution >= 0.6 is 0 Å². The molecule has 0 radical (unpaired) electrons. The van der Waals surface area contributed by atoms with E-state index in [4.69, 9.17) is 14.7 Å². The summed E-state index contributed by atoms with van der Waals surface area (Å²) in [6, 6.07) is 20.6. The molecular weight excluding hydrogens is 324 g/mol. The van der Waals surface area contributed by atoms with Crippen molar-refractivity contribution in [2.45, 2.75) is 6.42 Å². The van der Waals surface area contributed by atoms with Crippen molar-refractivity contribution < 1.29 is 4.74 Å². The molecule has 0 aliphatic carbocycles. The van der Waals surface area contributed by atoms with E-state index >= 15 is 0 Å². The number of nitrogens with one attached hydrogen (secondary N) is 1. The Balaban J connectivity index is 1.73. The predicted octanol–water partition coefficient (Wildman–Crippen LogP) is 3.90. The van der Waals surface area contributed by atoms with E-state index in [0.717, 1.165) is 36.0 Å². The number of fused-ring (bicyclic) bond motifs is 1. The fourth-order valence-corrected chi connectivity index (χ4v) is 3.24. The number of anilines is 3. The van der Waals surface area contributed by atoms with Crippen LogP contribution in [0, 0.1) is 0 Å². The van der Waals surface area contributed by atoms with Gasteiger partial charge in [0.2, 0.25) is 0 Å². The molecule has 0 fully saturated rings. The predicted molar refractivity (Wildman–Crippen MR) is 105 cm³/mol. The molecule has 1 aromatic heterocycles. The van der Waals surface area contributed by atoms with Gasteiger partial charge in [-0.05, 0) is 18.1 Å². The molecule has 1 aliphatic heterocycles. The lowest BCUT2D eigenvalue weighted by molar-refractivity contribution is 0.210. The van der Waals surface area contributed by atoms with E-state index in [9.17, 15) is 0 Å². The Labute approximate surface area is 153 Å². The second kappa shape index (κ2) is 7.54. The van der Waals surface area contributed by atoms with Gasteiger partial charge in [0, 0.05) is 37.5 Å².